The third kappa shape index (κ3) is 4.95. The zero-order valence-electron chi connectivity index (χ0n) is 12.4. The minimum absolute atomic E-state index is 0.0837. The quantitative estimate of drug-likeness (QED) is 0.748. The number of carbonyl (C=O) groups excluding carboxylic acids is 1. The Hall–Kier alpha value is -2.30. The maximum Gasteiger partial charge on any atom is 0.305 e. The van der Waals surface area contributed by atoms with E-state index in [1.807, 2.05) is 13.8 Å². The highest BCUT2D eigenvalue weighted by atomic mass is 16.5. The molecule has 0 unspecified atom stereocenters. The fraction of sp³-hybridized carbons (Fsp3) is 0.375. The monoisotopic (exact) mass is 291 g/mol. The Labute approximate surface area is 124 Å². The molecule has 0 radical (unpaired) electrons. The van der Waals surface area contributed by atoms with Crippen molar-refractivity contribution in [1.82, 2.24) is 4.90 Å². The number of carbonyl (C=O) groups is 2. The van der Waals surface area contributed by atoms with Crippen LogP contribution in [0, 0.1) is 0 Å². The lowest BCUT2D eigenvalue weighted by atomic mass is 10.1. The number of aliphatic carboxylic acids is 1. The van der Waals surface area contributed by atoms with Crippen molar-refractivity contribution in [1.29, 1.82) is 0 Å². The van der Waals surface area contributed by atoms with Gasteiger partial charge in [-0.05, 0) is 26.0 Å². The normalized spacial score (nSPS) is 10.2. The average Bonchev–Trinajstić information content (AvgIpc) is 2.44. The summed E-state index contributed by atoms with van der Waals surface area (Å²) in [5.41, 5.74) is 0.429. The first-order valence-corrected chi connectivity index (χ1v) is 6.82. The van der Waals surface area contributed by atoms with E-state index in [9.17, 15) is 9.59 Å². The first-order valence-electron chi connectivity index (χ1n) is 6.82. The molecule has 0 bridgehead atoms. The summed E-state index contributed by atoms with van der Waals surface area (Å²) in [7, 11) is 0. The molecule has 0 heterocycles. The van der Waals surface area contributed by atoms with E-state index in [0.29, 0.717) is 17.9 Å². The minimum atomic E-state index is -0.926. The molecular formula is C16H21NO4. The van der Waals surface area contributed by atoms with Crippen molar-refractivity contribution in [3.63, 3.8) is 0 Å². The van der Waals surface area contributed by atoms with Gasteiger partial charge in [-0.2, -0.15) is 0 Å². The van der Waals surface area contributed by atoms with Crippen molar-refractivity contribution in [2.75, 3.05) is 13.2 Å². The molecule has 0 spiro atoms. The lowest BCUT2D eigenvalue weighted by Crippen LogP contribution is -2.38. The molecule has 0 aromatic heterocycles. The van der Waals surface area contributed by atoms with Crippen LogP contribution < -0.4 is 4.74 Å². The highest BCUT2D eigenvalue weighted by Gasteiger charge is 2.22. The van der Waals surface area contributed by atoms with Crippen LogP contribution in [-0.2, 0) is 4.79 Å². The van der Waals surface area contributed by atoms with Gasteiger partial charge >= 0.3 is 5.97 Å². The molecule has 0 fully saturated rings. The van der Waals surface area contributed by atoms with Crippen molar-refractivity contribution >= 4 is 11.9 Å². The predicted molar refractivity (Wildman–Crippen MR) is 80.6 cm³/mol. The Bertz CT molecular complexity index is 511. The van der Waals surface area contributed by atoms with E-state index in [-0.39, 0.29) is 24.9 Å². The van der Waals surface area contributed by atoms with E-state index in [1.165, 1.54) is 4.90 Å². The third-order valence-electron chi connectivity index (χ3n) is 2.92. The van der Waals surface area contributed by atoms with Crippen LogP contribution in [0.25, 0.3) is 0 Å². The van der Waals surface area contributed by atoms with Crippen LogP contribution in [-0.4, -0.2) is 41.1 Å². The number of carboxylic acid groups (broad SMARTS) is 1. The molecule has 1 rings (SSSR count). The van der Waals surface area contributed by atoms with Gasteiger partial charge in [-0.15, -0.1) is 0 Å². The second-order valence-electron chi connectivity index (χ2n) is 4.83. The highest BCUT2D eigenvalue weighted by Crippen LogP contribution is 2.21. The van der Waals surface area contributed by atoms with Gasteiger partial charge in [0.15, 0.2) is 0 Å². The van der Waals surface area contributed by atoms with Crippen molar-refractivity contribution in [3.8, 4) is 5.75 Å². The number of amides is 1. The van der Waals surface area contributed by atoms with Gasteiger partial charge < -0.3 is 14.7 Å². The van der Waals surface area contributed by atoms with E-state index in [2.05, 4.69) is 6.58 Å². The molecule has 114 valence electrons. The number of benzene rings is 1. The molecule has 0 saturated heterocycles. The second kappa shape index (κ2) is 8.09. The summed E-state index contributed by atoms with van der Waals surface area (Å²) in [6.07, 6.45) is 1.52. The highest BCUT2D eigenvalue weighted by molar-refractivity contribution is 5.97. The molecule has 5 heteroatoms. The zero-order valence-corrected chi connectivity index (χ0v) is 12.4. The summed E-state index contributed by atoms with van der Waals surface area (Å²) in [4.78, 5) is 24.9. The molecule has 0 aliphatic carbocycles. The van der Waals surface area contributed by atoms with Gasteiger partial charge in [0.25, 0.3) is 5.91 Å². The molecule has 1 amide bonds. The van der Waals surface area contributed by atoms with E-state index >= 15 is 0 Å². The van der Waals surface area contributed by atoms with Gasteiger partial charge in [-0.25, -0.2) is 0 Å². The third-order valence-corrected chi connectivity index (χ3v) is 2.92. The van der Waals surface area contributed by atoms with Crippen LogP contribution >= 0.6 is 0 Å². The van der Waals surface area contributed by atoms with Gasteiger partial charge in [0.05, 0.1) is 12.0 Å². The first-order chi connectivity index (χ1) is 9.97. The minimum Gasteiger partial charge on any atom is -0.489 e. The van der Waals surface area contributed by atoms with Crippen molar-refractivity contribution < 1.29 is 19.4 Å². The molecular weight excluding hydrogens is 270 g/mol. The molecule has 1 aromatic rings. The van der Waals surface area contributed by atoms with Crippen molar-refractivity contribution in [3.05, 3.63) is 42.5 Å². The van der Waals surface area contributed by atoms with Crippen molar-refractivity contribution in [2.45, 2.75) is 26.3 Å². The van der Waals surface area contributed by atoms with Gasteiger partial charge in [-0.3, -0.25) is 9.59 Å². The Morgan fingerprint density at radius 2 is 2.05 bits per heavy atom. The first kappa shape index (κ1) is 16.8. The molecule has 5 nitrogen and oxygen atoms in total. The fourth-order valence-corrected chi connectivity index (χ4v) is 1.88. The molecule has 0 saturated carbocycles. The number of carboxylic acids is 1. The molecule has 0 aliphatic heterocycles. The fourth-order valence-electron chi connectivity index (χ4n) is 1.88. The van der Waals surface area contributed by atoms with Crippen LogP contribution in [0.2, 0.25) is 0 Å². The SMILES string of the molecule is C=CCOc1ccccc1C(=O)N(CCC(=O)O)C(C)C. The van der Waals surface area contributed by atoms with Crippen LogP contribution in [0.4, 0.5) is 0 Å². The Morgan fingerprint density at radius 3 is 2.62 bits per heavy atom. The maximum absolute atomic E-state index is 12.6. The van der Waals surface area contributed by atoms with Gasteiger partial charge in [0.2, 0.25) is 0 Å². The largest absolute Gasteiger partial charge is 0.489 e. The molecule has 1 aromatic carbocycles. The summed E-state index contributed by atoms with van der Waals surface area (Å²) < 4.78 is 5.48. The van der Waals surface area contributed by atoms with E-state index in [1.54, 1.807) is 30.3 Å². The summed E-state index contributed by atoms with van der Waals surface area (Å²) in [5.74, 6) is -0.682. The van der Waals surface area contributed by atoms with E-state index in [0.717, 1.165) is 0 Å². The van der Waals surface area contributed by atoms with Gasteiger partial charge in [-0.1, -0.05) is 24.8 Å². The number of hydrogen-bond donors (Lipinski definition) is 1. The van der Waals surface area contributed by atoms with Crippen LogP contribution in [0.3, 0.4) is 0 Å². The standard InChI is InChI=1S/C16H21NO4/c1-4-11-21-14-8-6-5-7-13(14)16(20)17(12(2)3)10-9-15(18)19/h4-8,12H,1,9-11H2,2-3H3,(H,18,19). The zero-order chi connectivity index (χ0) is 15.8. The van der Waals surface area contributed by atoms with Crippen molar-refractivity contribution in [2.24, 2.45) is 0 Å². The Balaban J connectivity index is 2.97. The summed E-state index contributed by atoms with van der Waals surface area (Å²) in [6, 6.07) is 6.84. The number of nitrogens with zero attached hydrogens (tertiary/aromatic N) is 1. The lowest BCUT2D eigenvalue weighted by molar-refractivity contribution is -0.137. The molecule has 0 aliphatic rings. The average molecular weight is 291 g/mol. The number of hydrogen-bond acceptors (Lipinski definition) is 3. The summed E-state index contributed by atoms with van der Waals surface area (Å²) >= 11 is 0. The van der Waals surface area contributed by atoms with Gasteiger partial charge in [0, 0.05) is 12.6 Å². The van der Waals surface area contributed by atoms with E-state index < -0.39 is 5.97 Å². The second-order valence-corrected chi connectivity index (χ2v) is 4.83. The number of para-hydroxylation sites is 1. The summed E-state index contributed by atoms with van der Waals surface area (Å²) in [6.45, 7) is 7.76. The van der Waals surface area contributed by atoms with Gasteiger partial charge in [0.1, 0.15) is 12.4 Å². The molecule has 21 heavy (non-hydrogen) atoms. The Kier molecular flexibility index (Phi) is 6.46. The van der Waals surface area contributed by atoms with E-state index in [4.69, 9.17) is 9.84 Å². The molecule has 0 atom stereocenters. The predicted octanol–water partition coefficient (Wildman–Crippen LogP) is 2.58. The van der Waals surface area contributed by atoms with Crippen LogP contribution in [0.1, 0.15) is 30.6 Å². The van der Waals surface area contributed by atoms with Crippen LogP contribution in [0.15, 0.2) is 36.9 Å². The number of ether oxygens (including phenoxy) is 1. The lowest BCUT2D eigenvalue weighted by Gasteiger charge is -2.27. The topological polar surface area (TPSA) is 66.8 Å². The maximum atomic E-state index is 12.6. The Morgan fingerprint density at radius 1 is 1.38 bits per heavy atom. The summed E-state index contributed by atoms with van der Waals surface area (Å²) in [5, 5.41) is 8.79. The molecule has 1 N–H and O–H groups in total. The van der Waals surface area contributed by atoms with Crippen LogP contribution in [0.5, 0.6) is 5.75 Å². The smallest absolute Gasteiger partial charge is 0.305 e. The number of rotatable bonds is 8.